The molecule has 0 aromatic heterocycles. The summed E-state index contributed by atoms with van der Waals surface area (Å²) in [6, 6.07) is 9.93. The molecule has 1 atom stereocenters. The smallest absolute Gasteiger partial charge is 0.146 e. The summed E-state index contributed by atoms with van der Waals surface area (Å²) in [5.41, 5.74) is 0. The van der Waals surface area contributed by atoms with Gasteiger partial charge < -0.3 is 9.32 Å². The first-order valence-electron chi connectivity index (χ1n) is 3.70. The molecular formula is C9H11O2P. The number of hydrogen-bond acceptors (Lipinski definition) is 2. The van der Waals surface area contributed by atoms with Crippen LogP contribution in [-0.2, 0) is 9.32 Å². The first-order chi connectivity index (χ1) is 5.84. The van der Waals surface area contributed by atoms with E-state index in [-0.39, 0.29) is 6.61 Å². The molecule has 0 radical (unpaired) electrons. The molecule has 0 spiro atoms. The van der Waals surface area contributed by atoms with Gasteiger partial charge in [0.25, 0.3) is 0 Å². The van der Waals surface area contributed by atoms with Gasteiger partial charge in [-0.3, -0.25) is 0 Å². The Bertz CT molecular complexity index is 236. The minimum Gasteiger partial charge on any atom is -0.347 e. The van der Waals surface area contributed by atoms with E-state index in [0.29, 0.717) is 0 Å². The van der Waals surface area contributed by atoms with E-state index in [4.69, 9.17) is 4.52 Å². The van der Waals surface area contributed by atoms with Crippen LogP contribution >= 0.6 is 8.15 Å². The lowest BCUT2D eigenvalue weighted by atomic mass is 10.4. The summed E-state index contributed by atoms with van der Waals surface area (Å²) in [5.74, 6) is 0. The van der Waals surface area contributed by atoms with Crippen LogP contribution in [0.25, 0.3) is 0 Å². The zero-order valence-corrected chi connectivity index (χ0v) is 7.83. The highest BCUT2D eigenvalue weighted by molar-refractivity contribution is 7.60. The van der Waals surface area contributed by atoms with E-state index in [1.54, 1.807) is 0 Å². The van der Waals surface area contributed by atoms with Gasteiger partial charge in [-0.2, -0.15) is 0 Å². The fourth-order valence-electron chi connectivity index (χ4n) is 0.855. The Morgan fingerprint density at radius 3 is 2.67 bits per heavy atom. The van der Waals surface area contributed by atoms with Gasteiger partial charge in [0, 0.05) is 5.30 Å². The van der Waals surface area contributed by atoms with E-state index in [1.807, 2.05) is 37.0 Å². The topological polar surface area (TPSA) is 26.3 Å². The van der Waals surface area contributed by atoms with Crippen molar-refractivity contribution in [2.75, 3.05) is 13.3 Å². The Labute approximate surface area is 73.4 Å². The third kappa shape index (κ3) is 2.72. The average molecular weight is 182 g/mol. The number of hydrogen-bond donors (Lipinski definition) is 0. The molecule has 1 rings (SSSR count). The minimum atomic E-state index is -0.613. The molecule has 0 saturated carbocycles. The first-order valence-corrected chi connectivity index (χ1v) is 5.40. The minimum absolute atomic E-state index is 0.192. The van der Waals surface area contributed by atoms with Crippen molar-refractivity contribution in [2.24, 2.45) is 0 Å². The van der Waals surface area contributed by atoms with Crippen LogP contribution in [-0.4, -0.2) is 19.6 Å². The molecule has 12 heavy (non-hydrogen) atoms. The van der Waals surface area contributed by atoms with Crippen LogP contribution in [0.3, 0.4) is 0 Å². The van der Waals surface area contributed by atoms with Crippen molar-refractivity contribution in [1.82, 2.24) is 0 Å². The average Bonchev–Trinajstić information content (AvgIpc) is 2.15. The maximum atomic E-state index is 10.0. The van der Waals surface area contributed by atoms with E-state index in [9.17, 15) is 4.79 Å². The lowest BCUT2D eigenvalue weighted by molar-refractivity contribution is -0.109. The fourth-order valence-corrected chi connectivity index (χ4v) is 1.88. The summed E-state index contributed by atoms with van der Waals surface area (Å²) in [6.07, 6.45) is 0.780. The first kappa shape index (κ1) is 9.37. The fraction of sp³-hybridized carbons (Fsp3) is 0.222. The largest absolute Gasteiger partial charge is 0.347 e. The maximum absolute atomic E-state index is 10.0. The standard InChI is InChI=1S/C9H11O2P/c1-12(11-8-7-10)9-5-3-2-4-6-9/h2-7H,8H2,1H3. The highest BCUT2D eigenvalue weighted by Gasteiger charge is 2.02. The summed E-state index contributed by atoms with van der Waals surface area (Å²) >= 11 is 0. The second kappa shape index (κ2) is 5.02. The number of benzene rings is 1. The van der Waals surface area contributed by atoms with E-state index in [0.717, 1.165) is 11.6 Å². The van der Waals surface area contributed by atoms with Crippen LogP contribution in [0.2, 0.25) is 0 Å². The van der Waals surface area contributed by atoms with Crippen molar-refractivity contribution in [3.63, 3.8) is 0 Å². The Hall–Kier alpha value is -0.720. The van der Waals surface area contributed by atoms with E-state index in [2.05, 4.69) is 0 Å². The normalized spacial score (nSPS) is 12.4. The van der Waals surface area contributed by atoms with Crippen LogP contribution in [0.5, 0.6) is 0 Å². The van der Waals surface area contributed by atoms with Gasteiger partial charge in [0.15, 0.2) is 0 Å². The van der Waals surface area contributed by atoms with Crippen molar-refractivity contribution in [3.8, 4) is 0 Å². The quantitative estimate of drug-likeness (QED) is 0.521. The molecule has 0 bridgehead atoms. The molecular weight excluding hydrogens is 171 g/mol. The molecule has 0 aliphatic rings. The Morgan fingerprint density at radius 1 is 1.42 bits per heavy atom. The van der Waals surface area contributed by atoms with E-state index in [1.165, 1.54) is 0 Å². The lowest BCUT2D eigenvalue weighted by Crippen LogP contribution is -2.02. The SMILES string of the molecule is CP(OCC=O)c1ccccc1. The molecule has 1 unspecified atom stereocenters. The van der Waals surface area contributed by atoms with Crippen LogP contribution < -0.4 is 5.30 Å². The van der Waals surface area contributed by atoms with Gasteiger partial charge in [-0.25, -0.2) is 0 Å². The molecule has 0 amide bonds. The van der Waals surface area contributed by atoms with Gasteiger partial charge in [-0.15, -0.1) is 0 Å². The second-order valence-electron chi connectivity index (χ2n) is 2.30. The van der Waals surface area contributed by atoms with Crippen LogP contribution in [0.4, 0.5) is 0 Å². The van der Waals surface area contributed by atoms with Gasteiger partial charge in [0.05, 0.1) is 8.15 Å². The molecule has 1 aromatic carbocycles. The van der Waals surface area contributed by atoms with Crippen LogP contribution in [0.15, 0.2) is 30.3 Å². The summed E-state index contributed by atoms with van der Waals surface area (Å²) in [5, 5.41) is 1.16. The van der Waals surface area contributed by atoms with Crippen molar-refractivity contribution in [3.05, 3.63) is 30.3 Å². The number of rotatable bonds is 4. The summed E-state index contributed by atoms with van der Waals surface area (Å²) in [4.78, 5) is 10.0. The monoisotopic (exact) mass is 182 g/mol. The molecule has 0 fully saturated rings. The predicted molar refractivity (Wildman–Crippen MR) is 50.9 cm³/mol. The van der Waals surface area contributed by atoms with Gasteiger partial charge in [-0.1, -0.05) is 30.3 Å². The number of aldehydes is 1. The van der Waals surface area contributed by atoms with Crippen LogP contribution in [0.1, 0.15) is 0 Å². The Balaban J connectivity index is 2.53. The molecule has 0 heterocycles. The Kier molecular flexibility index (Phi) is 3.92. The predicted octanol–water partition coefficient (Wildman–Crippen LogP) is 1.55. The Morgan fingerprint density at radius 2 is 2.08 bits per heavy atom. The number of carbonyl (C=O) groups excluding carboxylic acids is 1. The molecule has 0 aliphatic heterocycles. The van der Waals surface area contributed by atoms with Gasteiger partial charge in [0.1, 0.15) is 12.9 Å². The molecule has 3 heteroatoms. The zero-order valence-electron chi connectivity index (χ0n) is 6.93. The zero-order chi connectivity index (χ0) is 8.81. The van der Waals surface area contributed by atoms with Gasteiger partial charge in [0.2, 0.25) is 0 Å². The second-order valence-corrected chi connectivity index (χ2v) is 4.06. The van der Waals surface area contributed by atoms with E-state index < -0.39 is 8.15 Å². The van der Waals surface area contributed by atoms with Crippen molar-refractivity contribution in [2.45, 2.75) is 0 Å². The molecule has 64 valence electrons. The van der Waals surface area contributed by atoms with Crippen molar-refractivity contribution in [1.29, 1.82) is 0 Å². The number of carbonyl (C=O) groups is 1. The highest BCUT2D eigenvalue weighted by Crippen LogP contribution is 2.29. The summed E-state index contributed by atoms with van der Waals surface area (Å²) in [6.45, 7) is 2.19. The van der Waals surface area contributed by atoms with Crippen LogP contribution in [0, 0.1) is 0 Å². The third-order valence-electron chi connectivity index (χ3n) is 1.46. The molecule has 0 saturated heterocycles. The summed E-state index contributed by atoms with van der Waals surface area (Å²) < 4.78 is 5.27. The van der Waals surface area contributed by atoms with E-state index >= 15 is 0 Å². The van der Waals surface area contributed by atoms with Gasteiger partial charge in [-0.05, 0) is 6.66 Å². The molecule has 1 aromatic rings. The third-order valence-corrected chi connectivity index (χ3v) is 3.02. The molecule has 0 N–H and O–H groups in total. The lowest BCUT2D eigenvalue weighted by Gasteiger charge is -2.09. The van der Waals surface area contributed by atoms with Crippen molar-refractivity contribution < 1.29 is 9.32 Å². The molecule has 2 nitrogen and oxygen atoms in total. The van der Waals surface area contributed by atoms with Gasteiger partial charge >= 0.3 is 0 Å². The van der Waals surface area contributed by atoms with Crippen molar-refractivity contribution >= 4 is 19.7 Å². The highest BCUT2D eigenvalue weighted by atomic mass is 31.1. The maximum Gasteiger partial charge on any atom is 0.146 e. The summed E-state index contributed by atoms with van der Waals surface area (Å²) in [7, 11) is -0.613. The molecule has 0 aliphatic carbocycles.